The molecule has 1 unspecified atom stereocenters. The van der Waals surface area contributed by atoms with Gasteiger partial charge in [0.1, 0.15) is 0 Å². The van der Waals surface area contributed by atoms with E-state index in [9.17, 15) is 0 Å². The maximum absolute atomic E-state index is 5.98. The third-order valence-corrected chi connectivity index (χ3v) is 3.74. The van der Waals surface area contributed by atoms with Crippen molar-refractivity contribution >= 4 is 39.6 Å². The largest absolute Gasteiger partial charge is 0.369 e. The van der Waals surface area contributed by atoms with Crippen LogP contribution in [0, 0.1) is 3.57 Å². The molecular formula is C12H17IN4. The number of rotatable bonds is 3. The monoisotopic (exact) mass is 344 g/mol. The minimum atomic E-state index is 0.425. The zero-order chi connectivity index (χ0) is 12.6. The Bertz CT molecular complexity index is 533. The van der Waals surface area contributed by atoms with Crippen molar-refractivity contribution in [3.05, 3.63) is 21.8 Å². The first kappa shape index (κ1) is 12.6. The van der Waals surface area contributed by atoms with E-state index >= 15 is 0 Å². The highest BCUT2D eigenvalue weighted by Crippen LogP contribution is 2.20. The number of hydrogen-bond donors (Lipinski definition) is 1. The van der Waals surface area contributed by atoms with Gasteiger partial charge in [-0.3, -0.25) is 0 Å². The van der Waals surface area contributed by atoms with E-state index in [-0.39, 0.29) is 0 Å². The van der Waals surface area contributed by atoms with Crippen LogP contribution in [0.25, 0.3) is 11.0 Å². The maximum atomic E-state index is 5.98. The van der Waals surface area contributed by atoms with E-state index < -0.39 is 0 Å². The Morgan fingerprint density at radius 1 is 1.47 bits per heavy atom. The normalized spacial score (nSPS) is 13.5. The number of nitrogens with zero attached hydrogens (tertiary/aromatic N) is 3. The summed E-state index contributed by atoms with van der Waals surface area (Å²) >= 11 is 2.29. The van der Waals surface area contributed by atoms with Gasteiger partial charge in [-0.25, -0.2) is 4.98 Å². The minimum absolute atomic E-state index is 0.425. The molecule has 0 bridgehead atoms. The summed E-state index contributed by atoms with van der Waals surface area (Å²) in [5.41, 5.74) is 8.06. The number of likely N-dealkylation sites (N-methyl/N-ethyl adjacent to an activating group) is 1. The summed E-state index contributed by atoms with van der Waals surface area (Å²) in [5.74, 6) is 0.593. The van der Waals surface area contributed by atoms with E-state index in [1.807, 2.05) is 0 Å². The minimum Gasteiger partial charge on any atom is -0.369 e. The number of imidazole rings is 1. The summed E-state index contributed by atoms with van der Waals surface area (Å²) in [7, 11) is 4.14. The number of hydrogen-bond acceptors (Lipinski definition) is 3. The first-order valence-corrected chi connectivity index (χ1v) is 6.64. The third-order valence-electron chi connectivity index (χ3n) is 3.07. The lowest BCUT2D eigenvalue weighted by Crippen LogP contribution is -2.29. The van der Waals surface area contributed by atoms with E-state index in [1.54, 1.807) is 0 Å². The van der Waals surface area contributed by atoms with Gasteiger partial charge in [0.05, 0.1) is 11.0 Å². The molecule has 0 aliphatic heterocycles. The molecule has 0 fully saturated rings. The van der Waals surface area contributed by atoms with Crippen LogP contribution in [0.3, 0.4) is 0 Å². The van der Waals surface area contributed by atoms with Crippen molar-refractivity contribution in [2.45, 2.75) is 19.5 Å². The smallest absolute Gasteiger partial charge is 0.201 e. The van der Waals surface area contributed by atoms with Crippen LogP contribution in [-0.4, -0.2) is 34.6 Å². The fraction of sp³-hybridized carbons (Fsp3) is 0.417. The summed E-state index contributed by atoms with van der Waals surface area (Å²) in [6, 6.07) is 6.65. The Hall–Kier alpha value is -0.820. The van der Waals surface area contributed by atoms with Crippen molar-refractivity contribution in [1.29, 1.82) is 0 Å². The first-order valence-electron chi connectivity index (χ1n) is 5.56. The summed E-state index contributed by atoms with van der Waals surface area (Å²) in [6.07, 6.45) is 0. The molecule has 92 valence electrons. The van der Waals surface area contributed by atoms with Crippen LogP contribution < -0.4 is 5.73 Å². The summed E-state index contributed by atoms with van der Waals surface area (Å²) in [5, 5.41) is 0. The zero-order valence-corrected chi connectivity index (χ0v) is 12.5. The van der Waals surface area contributed by atoms with Gasteiger partial charge in [-0.05, 0) is 61.8 Å². The fourth-order valence-corrected chi connectivity index (χ4v) is 2.22. The standard InChI is InChI=1S/C12H17IN4/c1-8(16(2)3)7-17-11-5-4-9(13)6-10(11)15-12(17)14/h4-6,8H,7H2,1-3H3,(H2,14,15). The number of aromatic nitrogens is 2. The molecule has 17 heavy (non-hydrogen) atoms. The van der Waals surface area contributed by atoms with Crippen molar-refractivity contribution < 1.29 is 0 Å². The van der Waals surface area contributed by atoms with Gasteiger partial charge in [0.15, 0.2) is 0 Å². The van der Waals surface area contributed by atoms with Gasteiger partial charge >= 0.3 is 0 Å². The molecular weight excluding hydrogens is 327 g/mol. The Morgan fingerprint density at radius 3 is 2.82 bits per heavy atom. The summed E-state index contributed by atoms with van der Waals surface area (Å²) in [4.78, 5) is 6.58. The van der Waals surface area contributed by atoms with Gasteiger partial charge in [-0.15, -0.1) is 0 Å². The molecule has 2 aromatic rings. The van der Waals surface area contributed by atoms with E-state index in [2.05, 4.69) is 76.3 Å². The zero-order valence-electron chi connectivity index (χ0n) is 10.3. The number of anilines is 1. The van der Waals surface area contributed by atoms with Crippen molar-refractivity contribution in [2.75, 3.05) is 19.8 Å². The second kappa shape index (κ2) is 4.81. The molecule has 1 aromatic heterocycles. The highest BCUT2D eigenvalue weighted by Gasteiger charge is 2.12. The highest BCUT2D eigenvalue weighted by atomic mass is 127. The average Bonchev–Trinajstić information content (AvgIpc) is 2.54. The van der Waals surface area contributed by atoms with Gasteiger partial charge in [0, 0.05) is 16.2 Å². The van der Waals surface area contributed by atoms with Crippen LogP contribution in [-0.2, 0) is 6.54 Å². The van der Waals surface area contributed by atoms with Crippen LogP contribution in [0.4, 0.5) is 5.95 Å². The first-order chi connectivity index (χ1) is 7.99. The molecule has 0 radical (unpaired) electrons. The van der Waals surface area contributed by atoms with Crippen LogP contribution in [0.5, 0.6) is 0 Å². The summed E-state index contributed by atoms with van der Waals surface area (Å²) < 4.78 is 3.26. The van der Waals surface area contributed by atoms with Gasteiger partial charge in [-0.2, -0.15) is 0 Å². The third kappa shape index (κ3) is 2.55. The topological polar surface area (TPSA) is 47.1 Å². The van der Waals surface area contributed by atoms with Crippen molar-refractivity contribution in [1.82, 2.24) is 14.5 Å². The van der Waals surface area contributed by atoms with Crippen molar-refractivity contribution in [3.63, 3.8) is 0 Å². The second-order valence-corrected chi connectivity index (χ2v) is 5.77. The molecule has 0 aliphatic rings. The Balaban J connectivity index is 2.43. The quantitative estimate of drug-likeness (QED) is 0.869. The number of nitrogen functional groups attached to an aromatic ring is 1. The predicted octanol–water partition coefficient (Wildman–Crippen LogP) is 2.17. The van der Waals surface area contributed by atoms with Crippen molar-refractivity contribution in [2.24, 2.45) is 0 Å². The Morgan fingerprint density at radius 2 is 2.18 bits per heavy atom. The highest BCUT2D eigenvalue weighted by molar-refractivity contribution is 14.1. The van der Waals surface area contributed by atoms with E-state index in [0.29, 0.717) is 12.0 Å². The molecule has 0 saturated heterocycles. The van der Waals surface area contributed by atoms with Gasteiger partial charge < -0.3 is 15.2 Å². The lowest BCUT2D eigenvalue weighted by Gasteiger charge is -2.21. The van der Waals surface area contributed by atoms with E-state index in [4.69, 9.17) is 5.73 Å². The van der Waals surface area contributed by atoms with Crippen LogP contribution in [0.1, 0.15) is 6.92 Å². The van der Waals surface area contributed by atoms with Gasteiger partial charge in [0.2, 0.25) is 5.95 Å². The molecule has 4 nitrogen and oxygen atoms in total. The Kier molecular flexibility index (Phi) is 3.58. The molecule has 1 aromatic carbocycles. The molecule has 1 atom stereocenters. The number of nitrogens with two attached hydrogens (primary N) is 1. The predicted molar refractivity (Wildman–Crippen MR) is 80.0 cm³/mol. The molecule has 0 saturated carbocycles. The van der Waals surface area contributed by atoms with Crippen molar-refractivity contribution in [3.8, 4) is 0 Å². The molecule has 0 spiro atoms. The molecule has 0 aliphatic carbocycles. The number of benzene rings is 1. The molecule has 2 N–H and O–H groups in total. The van der Waals surface area contributed by atoms with Crippen LogP contribution in [0.15, 0.2) is 18.2 Å². The number of fused-ring (bicyclic) bond motifs is 1. The van der Waals surface area contributed by atoms with E-state index in [0.717, 1.165) is 17.6 Å². The molecule has 1 heterocycles. The fourth-order valence-electron chi connectivity index (χ4n) is 1.74. The Labute approximate surface area is 115 Å². The molecule has 0 amide bonds. The van der Waals surface area contributed by atoms with Crippen LogP contribution >= 0.6 is 22.6 Å². The van der Waals surface area contributed by atoms with Crippen LogP contribution in [0.2, 0.25) is 0 Å². The molecule has 5 heteroatoms. The summed E-state index contributed by atoms with van der Waals surface area (Å²) in [6.45, 7) is 3.04. The number of halogens is 1. The van der Waals surface area contributed by atoms with E-state index in [1.165, 1.54) is 3.57 Å². The molecule has 2 rings (SSSR count). The lowest BCUT2D eigenvalue weighted by molar-refractivity contribution is 0.287. The maximum Gasteiger partial charge on any atom is 0.201 e. The SMILES string of the molecule is CC(Cn1c(N)nc2cc(I)ccc21)N(C)C. The van der Waals surface area contributed by atoms with Gasteiger partial charge in [-0.1, -0.05) is 0 Å². The second-order valence-electron chi connectivity index (χ2n) is 4.53. The van der Waals surface area contributed by atoms with Gasteiger partial charge in [0.25, 0.3) is 0 Å². The lowest BCUT2D eigenvalue weighted by atomic mass is 10.3. The average molecular weight is 344 g/mol.